The molecule has 0 fully saturated rings. The first kappa shape index (κ1) is 18.4. The molecule has 1 amide bonds. The lowest BCUT2D eigenvalue weighted by molar-refractivity contribution is 0.102. The Morgan fingerprint density at radius 1 is 1.04 bits per heavy atom. The van der Waals surface area contributed by atoms with Crippen LogP contribution in [0, 0.1) is 18.6 Å². The van der Waals surface area contributed by atoms with Gasteiger partial charge in [0.2, 0.25) is 0 Å². The number of aromatic nitrogens is 2. The van der Waals surface area contributed by atoms with E-state index in [0.29, 0.717) is 11.6 Å². The van der Waals surface area contributed by atoms with Gasteiger partial charge in [-0.15, -0.1) is 0 Å². The molecule has 1 aromatic heterocycles. The Balaban J connectivity index is 1.84. The van der Waals surface area contributed by atoms with Crippen molar-refractivity contribution >= 4 is 23.1 Å². The number of carbonyl (C=O) groups excluding carboxylic acids is 1. The second-order valence-corrected chi connectivity index (χ2v) is 5.90. The Hall–Kier alpha value is -3.35. The molecule has 0 unspecified atom stereocenters. The molecule has 0 saturated carbocycles. The van der Waals surface area contributed by atoms with E-state index in [1.807, 2.05) is 31.2 Å². The van der Waals surface area contributed by atoms with E-state index in [0.717, 1.165) is 29.8 Å². The summed E-state index contributed by atoms with van der Waals surface area (Å²) in [6.45, 7) is 3.72. The van der Waals surface area contributed by atoms with Crippen molar-refractivity contribution in [3.05, 3.63) is 77.2 Å². The van der Waals surface area contributed by atoms with Crippen molar-refractivity contribution in [3.63, 3.8) is 0 Å². The number of nitrogens with zero attached hydrogens (tertiary/aromatic N) is 2. The third kappa shape index (κ3) is 4.44. The number of carbonyl (C=O) groups is 1. The number of nitrogens with one attached hydrogen (secondary N) is 2. The molecule has 138 valence electrons. The first-order chi connectivity index (χ1) is 13.0. The molecule has 2 aromatic carbocycles. The number of benzene rings is 2. The number of hydrogen-bond donors (Lipinski definition) is 2. The van der Waals surface area contributed by atoms with Crippen LogP contribution in [-0.2, 0) is 6.42 Å². The van der Waals surface area contributed by atoms with Gasteiger partial charge in [0.25, 0.3) is 5.91 Å². The Labute approximate surface area is 155 Å². The number of anilines is 3. The van der Waals surface area contributed by atoms with Gasteiger partial charge in [0.05, 0.1) is 0 Å². The molecule has 5 nitrogen and oxygen atoms in total. The highest BCUT2D eigenvalue weighted by molar-refractivity contribution is 6.03. The molecule has 0 aliphatic carbocycles. The first-order valence-electron chi connectivity index (χ1n) is 8.43. The SMILES string of the molecule is CCc1ccccc1Nc1cc(C(=O)Nc2ccc(F)c(F)c2)nc(C)n1. The van der Waals surface area contributed by atoms with E-state index >= 15 is 0 Å². The maximum Gasteiger partial charge on any atom is 0.274 e. The van der Waals surface area contributed by atoms with Gasteiger partial charge in [0.15, 0.2) is 11.6 Å². The van der Waals surface area contributed by atoms with Crippen LogP contribution in [0.25, 0.3) is 0 Å². The van der Waals surface area contributed by atoms with Crippen molar-refractivity contribution in [2.45, 2.75) is 20.3 Å². The second-order valence-electron chi connectivity index (χ2n) is 5.90. The van der Waals surface area contributed by atoms with Gasteiger partial charge in [0, 0.05) is 23.5 Å². The number of para-hydroxylation sites is 1. The van der Waals surface area contributed by atoms with Crippen LogP contribution in [-0.4, -0.2) is 15.9 Å². The number of hydrogen-bond acceptors (Lipinski definition) is 4. The van der Waals surface area contributed by atoms with Crippen molar-refractivity contribution in [1.82, 2.24) is 9.97 Å². The van der Waals surface area contributed by atoms with E-state index in [2.05, 4.69) is 20.6 Å². The third-order valence-corrected chi connectivity index (χ3v) is 3.91. The van der Waals surface area contributed by atoms with Gasteiger partial charge in [0.1, 0.15) is 17.3 Å². The summed E-state index contributed by atoms with van der Waals surface area (Å²) < 4.78 is 26.3. The van der Waals surface area contributed by atoms with Crippen molar-refractivity contribution < 1.29 is 13.6 Å². The Bertz CT molecular complexity index is 991. The van der Waals surface area contributed by atoms with E-state index in [-0.39, 0.29) is 11.4 Å². The molecule has 1 heterocycles. The molecule has 7 heteroatoms. The highest BCUT2D eigenvalue weighted by atomic mass is 19.2. The van der Waals surface area contributed by atoms with Crippen molar-refractivity contribution in [1.29, 1.82) is 0 Å². The highest BCUT2D eigenvalue weighted by Crippen LogP contribution is 2.21. The molecular weight excluding hydrogens is 350 g/mol. The van der Waals surface area contributed by atoms with E-state index < -0.39 is 17.5 Å². The van der Waals surface area contributed by atoms with Gasteiger partial charge in [-0.2, -0.15) is 0 Å². The summed E-state index contributed by atoms with van der Waals surface area (Å²) in [7, 11) is 0. The number of amides is 1. The lowest BCUT2D eigenvalue weighted by Crippen LogP contribution is -2.15. The van der Waals surface area contributed by atoms with Crippen LogP contribution in [0.3, 0.4) is 0 Å². The van der Waals surface area contributed by atoms with Crippen LogP contribution in [0.4, 0.5) is 26.0 Å². The van der Waals surface area contributed by atoms with Crippen LogP contribution in [0.5, 0.6) is 0 Å². The summed E-state index contributed by atoms with van der Waals surface area (Å²) in [5.74, 6) is -1.68. The van der Waals surface area contributed by atoms with E-state index in [1.165, 1.54) is 12.1 Å². The van der Waals surface area contributed by atoms with Gasteiger partial charge in [-0.1, -0.05) is 25.1 Å². The van der Waals surface area contributed by atoms with Gasteiger partial charge in [-0.25, -0.2) is 18.7 Å². The summed E-state index contributed by atoms with van der Waals surface area (Å²) in [6.07, 6.45) is 0.844. The van der Waals surface area contributed by atoms with Gasteiger partial charge in [-0.05, 0) is 37.1 Å². The van der Waals surface area contributed by atoms with Crippen molar-refractivity contribution in [2.24, 2.45) is 0 Å². The molecule has 0 spiro atoms. The van der Waals surface area contributed by atoms with E-state index in [1.54, 1.807) is 6.92 Å². The molecule has 2 N–H and O–H groups in total. The summed E-state index contributed by atoms with van der Waals surface area (Å²) in [5.41, 5.74) is 2.26. The zero-order chi connectivity index (χ0) is 19.4. The smallest absolute Gasteiger partial charge is 0.274 e. The summed E-state index contributed by atoms with van der Waals surface area (Å²) in [4.78, 5) is 20.9. The van der Waals surface area contributed by atoms with Crippen molar-refractivity contribution in [3.8, 4) is 0 Å². The fourth-order valence-corrected chi connectivity index (χ4v) is 2.61. The molecule has 0 aliphatic heterocycles. The van der Waals surface area contributed by atoms with E-state index in [4.69, 9.17) is 0 Å². The van der Waals surface area contributed by atoms with Crippen LogP contribution in [0.15, 0.2) is 48.5 Å². The molecular formula is C20H18F2N4O. The zero-order valence-corrected chi connectivity index (χ0v) is 14.9. The van der Waals surface area contributed by atoms with Crippen LogP contribution in [0.2, 0.25) is 0 Å². The largest absolute Gasteiger partial charge is 0.340 e. The van der Waals surface area contributed by atoms with Gasteiger partial charge < -0.3 is 10.6 Å². The molecule has 0 aliphatic rings. The minimum Gasteiger partial charge on any atom is -0.340 e. The average Bonchev–Trinajstić information content (AvgIpc) is 2.64. The molecule has 27 heavy (non-hydrogen) atoms. The topological polar surface area (TPSA) is 66.9 Å². The summed E-state index contributed by atoms with van der Waals surface area (Å²) >= 11 is 0. The number of halogens is 2. The summed E-state index contributed by atoms with van der Waals surface area (Å²) in [6, 6.07) is 12.4. The molecule has 0 saturated heterocycles. The predicted octanol–water partition coefficient (Wildman–Crippen LogP) is 4.62. The monoisotopic (exact) mass is 368 g/mol. The zero-order valence-electron chi connectivity index (χ0n) is 14.9. The fraction of sp³-hybridized carbons (Fsp3) is 0.150. The first-order valence-corrected chi connectivity index (χ1v) is 8.43. The Morgan fingerprint density at radius 3 is 2.56 bits per heavy atom. The highest BCUT2D eigenvalue weighted by Gasteiger charge is 2.13. The lowest BCUT2D eigenvalue weighted by atomic mass is 10.1. The number of rotatable bonds is 5. The predicted molar refractivity (Wildman–Crippen MR) is 100 cm³/mol. The quantitative estimate of drug-likeness (QED) is 0.689. The molecule has 3 rings (SSSR count). The molecule has 0 atom stereocenters. The minimum atomic E-state index is -1.04. The standard InChI is InChI=1S/C20H18F2N4O/c1-3-13-6-4-5-7-17(13)26-19-11-18(23-12(2)24-19)20(27)25-14-8-9-15(21)16(22)10-14/h4-11H,3H2,1-2H3,(H,25,27)(H,23,24,26). The fourth-order valence-electron chi connectivity index (χ4n) is 2.61. The average molecular weight is 368 g/mol. The normalized spacial score (nSPS) is 10.5. The van der Waals surface area contributed by atoms with Crippen LogP contribution in [0.1, 0.15) is 28.8 Å². The van der Waals surface area contributed by atoms with Gasteiger partial charge >= 0.3 is 0 Å². The molecule has 0 bridgehead atoms. The maximum atomic E-state index is 13.3. The lowest BCUT2D eigenvalue weighted by Gasteiger charge is -2.12. The van der Waals surface area contributed by atoms with Gasteiger partial charge in [-0.3, -0.25) is 4.79 Å². The Morgan fingerprint density at radius 2 is 1.81 bits per heavy atom. The molecule has 3 aromatic rings. The molecule has 0 radical (unpaired) electrons. The van der Waals surface area contributed by atoms with Crippen molar-refractivity contribution in [2.75, 3.05) is 10.6 Å². The second kappa shape index (κ2) is 7.90. The maximum absolute atomic E-state index is 13.3. The van der Waals surface area contributed by atoms with Crippen LogP contribution >= 0.6 is 0 Å². The summed E-state index contributed by atoms with van der Waals surface area (Å²) in [5, 5.41) is 5.70. The third-order valence-electron chi connectivity index (χ3n) is 3.91. The van der Waals surface area contributed by atoms with Crippen LogP contribution < -0.4 is 10.6 Å². The minimum absolute atomic E-state index is 0.115. The number of aryl methyl sites for hydroxylation is 2. The Kier molecular flexibility index (Phi) is 5.40. The van der Waals surface area contributed by atoms with E-state index in [9.17, 15) is 13.6 Å².